The fraction of sp³-hybridized carbons (Fsp3) is 0.892. The fourth-order valence-corrected chi connectivity index (χ4v) is 7.55. The van der Waals surface area contributed by atoms with Gasteiger partial charge in [0, 0.05) is 18.3 Å². The molecule has 2 nitrogen and oxygen atoms in total. The van der Waals surface area contributed by atoms with E-state index in [4.69, 9.17) is 9.97 Å². The zero-order chi connectivity index (χ0) is 27.4. The molecular formula is C37H66N2. The van der Waals surface area contributed by atoms with Crippen molar-refractivity contribution >= 4 is 0 Å². The lowest BCUT2D eigenvalue weighted by atomic mass is 9.74. The van der Waals surface area contributed by atoms with Crippen LogP contribution in [0.4, 0.5) is 0 Å². The van der Waals surface area contributed by atoms with E-state index in [2.05, 4.69) is 26.2 Å². The molecule has 0 spiro atoms. The van der Waals surface area contributed by atoms with E-state index in [0.29, 0.717) is 5.92 Å². The van der Waals surface area contributed by atoms with Crippen LogP contribution < -0.4 is 0 Å². The Bertz CT molecular complexity index is 682. The molecule has 0 bridgehead atoms. The van der Waals surface area contributed by atoms with Gasteiger partial charge in [-0.25, -0.2) is 9.97 Å². The van der Waals surface area contributed by atoms with Crippen molar-refractivity contribution in [2.24, 2.45) is 17.8 Å². The van der Waals surface area contributed by atoms with Crippen LogP contribution in [0.15, 0.2) is 12.4 Å². The maximum atomic E-state index is 4.84. The van der Waals surface area contributed by atoms with Crippen LogP contribution in [0.5, 0.6) is 0 Å². The molecule has 224 valence electrons. The van der Waals surface area contributed by atoms with Crippen molar-refractivity contribution in [1.29, 1.82) is 0 Å². The Morgan fingerprint density at radius 1 is 0.487 bits per heavy atom. The van der Waals surface area contributed by atoms with E-state index in [1.54, 1.807) is 0 Å². The summed E-state index contributed by atoms with van der Waals surface area (Å²) in [6, 6.07) is 0. The Labute approximate surface area is 244 Å². The Hall–Kier alpha value is -0.920. The molecular weight excluding hydrogens is 472 g/mol. The van der Waals surface area contributed by atoms with Gasteiger partial charge < -0.3 is 0 Å². The van der Waals surface area contributed by atoms with Gasteiger partial charge in [0.15, 0.2) is 0 Å². The van der Waals surface area contributed by atoms with Crippen molar-refractivity contribution in [3.05, 3.63) is 23.8 Å². The normalized spacial score (nSPS) is 23.7. The molecule has 39 heavy (non-hydrogen) atoms. The smallest absolute Gasteiger partial charge is 0.131 e. The molecule has 2 heteroatoms. The molecule has 2 fully saturated rings. The minimum absolute atomic E-state index is 0.611. The van der Waals surface area contributed by atoms with Crippen LogP contribution in [0.3, 0.4) is 0 Å². The summed E-state index contributed by atoms with van der Waals surface area (Å²) < 4.78 is 0. The summed E-state index contributed by atoms with van der Waals surface area (Å²) in [4.78, 5) is 9.68. The van der Waals surface area contributed by atoms with Crippen LogP contribution >= 0.6 is 0 Å². The maximum Gasteiger partial charge on any atom is 0.131 e. The molecule has 2 aliphatic carbocycles. The average molecular weight is 539 g/mol. The molecule has 0 N–H and O–H groups in total. The summed E-state index contributed by atoms with van der Waals surface area (Å²) in [6.07, 6.45) is 42.7. The molecule has 0 aliphatic heterocycles. The van der Waals surface area contributed by atoms with Crippen molar-refractivity contribution in [1.82, 2.24) is 9.97 Å². The second kappa shape index (κ2) is 20.9. The van der Waals surface area contributed by atoms with Crippen LogP contribution in [0, 0.1) is 17.8 Å². The van der Waals surface area contributed by atoms with E-state index in [-0.39, 0.29) is 0 Å². The van der Waals surface area contributed by atoms with Gasteiger partial charge in [0.1, 0.15) is 5.82 Å². The summed E-state index contributed by atoms with van der Waals surface area (Å²) in [7, 11) is 0. The predicted octanol–water partition coefficient (Wildman–Crippen LogP) is 12.2. The van der Waals surface area contributed by atoms with E-state index in [1.807, 2.05) is 0 Å². The van der Waals surface area contributed by atoms with Crippen LogP contribution in [-0.2, 0) is 6.42 Å². The first-order valence-corrected chi connectivity index (χ1v) is 18.1. The summed E-state index contributed by atoms with van der Waals surface area (Å²) in [5.74, 6) is 4.80. The van der Waals surface area contributed by atoms with Crippen molar-refractivity contribution in [3.8, 4) is 0 Å². The van der Waals surface area contributed by atoms with E-state index in [0.717, 1.165) is 30.0 Å². The Morgan fingerprint density at radius 2 is 0.897 bits per heavy atom. The number of unbranched alkanes of at least 4 members (excludes halogenated alkanes) is 13. The predicted molar refractivity (Wildman–Crippen MR) is 170 cm³/mol. The highest BCUT2D eigenvalue weighted by Crippen LogP contribution is 2.39. The van der Waals surface area contributed by atoms with Gasteiger partial charge in [-0.3, -0.25) is 0 Å². The number of hydrogen-bond acceptors (Lipinski definition) is 2. The second-order valence-corrected chi connectivity index (χ2v) is 13.8. The lowest BCUT2D eigenvalue weighted by Gasteiger charge is -2.31. The Morgan fingerprint density at radius 3 is 1.41 bits per heavy atom. The summed E-state index contributed by atoms with van der Waals surface area (Å²) >= 11 is 0. The Balaban J connectivity index is 1.19. The van der Waals surface area contributed by atoms with Crippen LogP contribution in [-0.4, -0.2) is 9.97 Å². The van der Waals surface area contributed by atoms with Crippen LogP contribution in [0.25, 0.3) is 0 Å². The maximum absolute atomic E-state index is 4.84. The topological polar surface area (TPSA) is 25.8 Å². The molecule has 1 aromatic heterocycles. The molecule has 0 saturated heterocycles. The highest BCUT2D eigenvalue weighted by molar-refractivity contribution is 5.08. The van der Waals surface area contributed by atoms with Crippen molar-refractivity contribution in [2.75, 3.05) is 0 Å². The van der Waals surface area contributed by atoms with Crippen molar-refractivity contribution in [2.45, 2.75) is 193 Å². The molecule has 0 unspecified atom stereocenters. The van der Waals surface area contributed by atoms with Gasteiger partial charge in [-0.1, -0.05) is 149 Å². The highest BCUT2D eigenvalue weighted by Gasteiger charge is 2.26. The van der Waals surface area contributed by atoms with Crippen LogP contribution in [0.2, 0.25) is 0 Å². The first-order valence-electron chi connectivity index (χ1n) is 18.1. The largest absolute Gasteiger partial charge is 0.241 e. The zero-order valence-corrected chi connectivity index (χ0v) is 26.5. The number of hydrogen-bond donors (Lipinski definition) is 0. The first-order chi connectivity index (χ1) is 19.3. The fourth-order valence-electron chi connectivity index (χ4n) is 7.55. The minimum atomic E-state index is 0.611. The highest BCUT2D eigenvalue weighted by atomic mass is 14.9. The molecule has 2 saturated carbocycles. The molecule has 0 radical (unpaired) electrons. The van der Waals surface area contributed by atoms with Crippen molar-refractivity contribution in [3.63, 3.8) is 0 Å². The zero-order valence-electron chi connectivity index (χ0n) is 26.5. The van der Waals surface area contributed by atoms with Gasteiger partial charge in [-0.15, -0.1) is 0 Å². The van der Waals surface area contributed by atoms with Gasteiger partial charge in [0.05, 0.1) is 0 Å². The Kier molecular flexibility index (Phi) is 17.5. The summed E-state index contributed by atoms with van der Waals surface area (Å²) in [6.45, 7) is 4.62. The van der Waals surface area contributed by atoms with E-state index >= 15 is 0 Å². The molecule has 2 aliphatic rings. The molecule has 3 rings (SSSR count). The monoisotopic (exact) mass is 539 g/mol. The molecule has 0 atom stereocenters. The summed E-state index contributed by atoms with van der Waals surface area (Å²) in [5.41, 5.74) is 1.35. The second-order valence-electron chi connectivity index (χ2n) is 13.8. The lowest BCUT2D eigenvalue weighted by Crippen LogP contribution is -2.18. The number of aromatic nitrogens is 2. The van der Waals surface area contributed by atoms with E-state index < -0.39 is 0 Å². The third-order valence-electron chi connectivity index (χ3n) is 10.4. The quantitative estimate of drug-likeness (QED) is 0.145. The summed E-state index contributed by atoms with van der Waals surface area (Å²) in [5, 5.41) is 0. The number of rotatable bonds is 21. The van der Waals surface area contributed by atoms with Crippen molar-refractivity contribution < 1.29 is 0 Å². The van der Waals surface area contributed by atoms with Gasteiger partial charge in [-0.05, 0) is 61.8 Å². The van der Waals surface area contributed by atoms with Crippen LogP contribution in [0.1, 0.15) is 198 Å². The van der Waals surface area contributed by atoms with Gasteiger partial charge in [0.2, 0.25) is 0 Å². The SMILES string of the molecule is CCCCCCCCCCCCc1cnc(C2CCC(CCC3CCC(CCCCCCC)CC3)CC2)nc1. The van der Waals surface area contributed by atoms with Gasteiger partial charge >= 0.3 is 0 Å². The standard InChI is InChI=1S/C37H66N2/c1-3-5-7-9-10-11-12-13-15-17-19-35-30-38-37(39-31-35)36-28-26-34(27-29-36)25-24-33-22-20-32(21-23-33)18-16-14-8-6-4-2/h30-34,36H,3-29H2,1-2H3. The molecule has 1 heterocycles. The lowest BCUT2D eigenvalue weighted by molar-refractivity contribution is 0.221. The van der Waals surface area contributed by atoms with Gasteiger partial charge in [0.25, 0.3) is 0 Å². The number of aryl methyl sites for hydroxylation is 1. The average Bonchev–Trinajstić information content (AvgIpc) is 2.98. The number of nitrogens with zero attached hydrogens (tertiary/aromatic N) is 2. The van der Waals surface area contributed by atoms with E-state index in [9.17, 15) is 0 Å². The third-order valence-corrected chi connectivity index (χ3v) is 10.4. The van der Waals surface area contributed by atoms with Gasteiger partial charge in [-0.2, -0.15) is 0 Å². The first kappa shape index (κ1) is 32.6. The minimum Gasteiger partial charge on any atom is -0.241 e. The third kappa shape index (κ3) is 14.0. The molecule has 1 aromatic rings. The van der Waals surface area contributed by atoms with E-state index in [1.165, 1.54) is 173 Å². The molecule has 0 amide bonds. The molecule has 0 aromatic carbocycles.